The molecular weight excluding hydrogens is 361 g/mol. The third-order valence-corrected chi connectivity index (χ3v) is 5.39. The van der Waals surface area contributed by atoms with Crippen molar-refractivity contribution in [1.29, 1.82) is 0 Å². The Balaban J connectivity index is 1.50. The van der Waals surface area contributed by atoms with Crippen LogP contribution in [0.4, 0.5) is 4.39 Å². The van der Waals surface area contributed by atoms with Gasteiger partial charge in [-0.2, -0.15) is 0 Å². The minimum Gasteiger partial charge on any atom is -0.437 e. The van der Waals surface area contributed by atoms with E-state index < -0.39 is 0 Å². The molecule has 0 radical (unpaired) electrons. The van der Waals surface area contributed by atoms with Gasteiger partial charge in [-0.25, -0.2) is 9.37 Å². The Morgan fingerprint density at radius 1 is 1.18 bits per heavy atom. The van der Waals surface area contributed by atoms with Crippen LogP contribution in [-0.2, 0) is 9.53 Å². The summed E-state index contributed by atoms with van der Waals surface area (Å²) in [6.07, 6.45) is 6.60. The number of carbonyl (C=O) groups excluding carboxylic acids is 1. The van der Waals surface area contributed by atoms with E-state index in [-0.39, 0.29) is 23.6 Å². The summed E-state index contributed by atoms with van der Waals surface area (Å²) in [5.41, 5.74) is 0.719. The summed E-state index contributed by atoms with van der Waals surface area (Å²) >= 11 is 0. The van der Waals surface area contributed by atoms with Crippen molar-refractivity contribution in [3.05, 3.63) is 48.2 Å². The zero-order valence-electron chi connectivity index (χ0n) is 15.7. The van der Waals surface area contributed by atoms with Gasteiger partial charge in [0.1, 0.15) is 17.3 Å². The van der Waals surface area contributed by atoms with Crippen LogP contribution in [-0.4, -0.2) is 47.1 Å². The molecule has 2 aliphatic rings. The van der Waals surface area contributed by atoms with E-state index in [1.807, 2.05) is 4.90 Å². The second-order valence-corrected chi connectivity index (χ2v) is 7.32. The van der Waals surface area contributed by atoms with E-state index in [0.29, 0.717) is 31.4 Å². The number of likely N-dealkylation sites (tertiary alicyclic amines) is 1. The molecule has 0 aliphatic carbocycles. The third kappa shape index (κ3) is 4.30. The molecule has 7 heteroatoms. The van der Waals surface area contributed by atoms with E-state index >= 15 is 0 Å². The maximum absolute atomic E-state index is 13.5. The van der Waals surface area contributed by atoms with Gasteiger partial charge in [0.2, 0.25) is 11.8 Å². The highest BCUT2D eigenvalue weighted by Gasteiger charge is 2.32. The van der Waals surface area contributed by atoms with E-state index in [4.69, 9.17) is 9.47 Å². The van der Waals surface area contributed by atoms with Crippen molar-refractivity contribution in [2.24, 2.45) is 5.92 Å². The average Bonchev–Trinajstić information content (AvgIpc) is 2.74. The molecule has 2 saturated heterocycles. The molecular formula is C21H24FN3O3. The minimum absolute atomic E-state index is 0.0507. The van der Waals surface area contributed by atoms with Crippen molar-refractivity contribution < 1.29 is 18.7 Å². The summed E-state index contributed by atoms with van der Waals surface area (Å²) in [6, 6.07) is 5.96. The lowest BCUT2D eigenvalue weighted by Crippen LogP contribution is -2.43. The van der Waals surface area contributed by atoms with Gasteiger partial charge in [-0.1, -0.05) is 6.07 Å². The van der Waals surface area contributed by atoms with Crippen molar-refractivity contribution >= 4 is 5.91 Å². The topological polar surface area (TPSA) is 64.5 Å². The zero-order valence-corrected chi connectivity index (χ0v) is 15.7. The highest BCUT2D eigenvalue weighted by molar-refractivity contribution is 5.79. The normalized spacial score (nSPS) is 20.8. The predicted octanol–water partition coefficient (Wildman–Crippen LogP) is 3.54. The Morgan fingerprint density at radius 2 is 2.00 bits per heavy atom. The maximum Gasteiger partial charge on any atom is 0.241 e. The van der Waals surface area contributed by atoms with Gasteiger partial charge >= 0.3 is 0 Å². The van der Waals surface area contributed by atoms with Crippen LogP contribution < -0.4 is 4.74 Å². The fourth-order valence-electron chi connectivity index (χ4n) is 3.94. The molecule has 1 atom stereocenters. The van der Waals surface area contributed by atoms with Gasteiger partial charge in [0.25, 0.3) is 0 Å². The van der Waals surface area contributed by atoms with Crippen LogP contribution in [0.25, 0.3) is 0 Å². The predicted molar refractivity (Wildman–Crippen MR) is 101 cm³/mol. The van der Waals surface area contributed by atoms with E-state index in [9.17, 15) is 9.18 Å². The van der Waals surface area contributed by atoms with Gasteiger partial charge in [0.15, 0.2) is 0 Å². The van der Waals surface area contributed by atoms with Crippen LogP contribution >= 0.6 is 0 Å². The number of hydrogen-bond acceptors (Lipinski definition) is 5. The monoisotopic (exact) mass is 385 g/mol. The SMILES string of the molecule is O=C(C1CCOCC1)N1CCC[C@H](c2nccnc2Oc2cccc(F)c2)C1. The molecule has 2 aromatic rings. The summed E-state index contributed by atoms with van der Waals surface area (Å²) in [5, 5.41) is 0. The lowest BCUT2D eigenvalue weighted by molar-refractivity contribution is -0.139. The lowest BCUT2D eigenvalue weighted by atomic mass is 9.92. The molecule has 4 rings (SSSR count). The van der Waals surface area contributed by atoms with E-state index in [0.717, 1.165) is 37.9 Å². The number of hydrogen-bond donors (Lipinski definition) is 0. The van der Waals surface area contributed by atoms with E-state index in [1.165, 1.54) is 12.1 Å². The summed E-state index contributed by atoms with van der Waals surface area (Å²) in [6.45, 7) is 2.69. The van der Waals surface area contributed by atoms with Crippen LogP contribution in [0.15, 0.2) is 36.7 Å². The number of halogens is 1. The molecule has 6 nitrogen and oxygen atoms in total. The molecule has 148 valence electrons. The summed E-state index contributed by atoms with van der Waals surface area (Å²) in [5.74, 6) is 0.705. The second-order valence-electron chi connectivity index (χ2n) is 7.32. The highest BCUT2D eigenvalue weighted by Crippen LogP contribution is 2.33. The number of aromatic nitrogens is 2. The molecule has 2 fully saturated rings. The minimum atomic E-state index is -0.367. The molecule has 0 unspecified atom stereocenters. The third-order valence-electron chi connectivity index (χ3n) is 5.39. The van der Waals surface area contributed by atoms with Crippen molar-refractivity contribution in [2.45, 2.75) is 31.6 Å². The number of piperidine rings is 1. The molecule has 0 saturated carbocycles. The molecule has 1 aromatic carbocycles. The van der Waals surface area contributed by atoms with Crippen LogP contribution in [0.5, 0.6) is 11.6 Å². The smallest absolute Gasteiger partial charge is 0.241 e. The van der Waals surface area contributed by atoms with E-state index in [2.05, 4.69) is 9.97 Å². The first-order valence-corrected chi connectivity index (χ1v) is 9.81. The van der Waals surface area contributed by atoms with Crippen molar-refractivity contribution in [2.75, 3.05) is 26.3 Å². The maximum atomic E-state index is 13.5. The lowest BCUT2D eigenvalue weighted by Gasteiger charge is -2.35. The van der Waals surface area contributed by atoms with Gasteiger partial charge < -0.3 is 14.4 Å². The molecule has 28 heavy (non-hydrogen) atoms. The Hall–Kier alpha value is -2.54. The standard InChI is InChI=1S/C21H24FN3O3/c22-17-4-1-5-18(13-17)28-20-19(23-8-9-24-20)16-3-2-10-25(14-16)21(26)15-6-11-27-12-7-15/h1,4-5,8-9,13,15-16H,2-3,6-7,10-12,14H2/t16-/m0/s1. The van der Waals surface area contributed by atoms with Crippen molar-refractivity contribution in [3.8, 4) is 11.6 Å². The fraction of sp³-hybridized carbons (Fsp3) is 0.476. The van der Waals surface area contributed by atoms with Crippen molar-refractivity contribution in [1.82, 2.24) is 14.9 Å². The summed E-state index contributed by atoms with van der Waals surface area (Å²) in [4.78, 5) is 23.7. The number of rotatable bonds is 4. The Morgan fingerprint density at radius 3 is 2.82 bits per heavy atom. The number of benzene rings is 1. The summed E-state index contributed by atoms with van der Waals surface area (Å²) < 4.78 is 24.7. The van der Waals surface area contributed by atoms with Crippen molar-refractivity contribution in [3.63, 3.8) is 0 Å². The van der Waals surface area contributed by atoms with Crippen LogP contribution in [0, 0.1) is 11.7 Å². The van der Waals surface area contributed by atoms with Gasteiger partial charge in [-0.05, 0) is 37.8 Å². The average molecular weight is 385 g/mol. The highest BCUT2D eigenvalue weighted by atomic mass is 19.1. The molecule has 0 N–H and O–H groups in total. The fourth-order valence-corrected chi connectivity index (χ4v) is 3.94. The number of ether oxygens (including phenoxy) is 2. The molecule has 1 aromatic heterocycles. The molecule has 1 amide bonds. The van der Waals surface area contributed by atoms with Crippen LogP contribution in [0.1, 0.15) is 37.3 Å². The molecule has 0 bridgehead atoms. The van der Waals surface area contributed by atoms with Crippen LogP contribution in [0.2, 0.25) is 0 Å². The first-order valence-electron chi connectivity index (χ1n) is 9.81. The van der Waals surface area contributed by atoms with Gasteiger partial charge in [0.05, 0.1) is 0 Å². The Kier molecular flexibility index (Phi) is 5.81. The number of amides is 1. The zero-order chi connectivity index (χ0) is 19.3. The molecule has 2 aliphatic heterocycles. The van der Waals surface area contributed by atoms with E-state index in [1.54, 1.807) is 24.5 Å². The van der Waals surface area contributed by atoms with Crippen LogP contribution in [0.3, 0.4) is 0 Å². The Bertz CT molecular complexity index is 826. The molecule has 0 spiro atoms. The largest absolute Gasteiger partial charge is 0.437 e. The van der Waals surface area contributed by atoms with Gasteiger partial charge in [-0.3, -0.25) is 9.78 Å². The first kappa shape index (κ1) is 18.8. The second kappa shape index (κ2) is 8.65. The number of nitrogens with zero attached hydrogens (tertiary/aromatic N) is 3. The van der Waals surface area contributed by atoms with Gasteiger partial charge in [0, 0.05) is 56.6 Å². The van der Waals surface area contributed by atoms with Gasteiger partial charge in [-0.15, -0.1) is 0 Å². The summed E-state index contributed by atoms with van der Waals surface area (Å²) in [7, 11) is 0. The first-order chi connectivity index (χ1) is 13.7. The Labute approximate surface area is 163 Å². The molecule has 3 heterocycles. The number of carbonyl (C=O) groups is 1. The quantitative estimate of drug-likeness (QED) is 0.805.